The Bertz CT molecular complexity index is 129. The van der Waals surface area contributed by atoms with E-state index in [1.807, 2.05) is 0 Å². The minimum Gasteiger partial charge on any atom is -0.358 e. The van der Waals surface area contributed by atoms with Gasteiger partial charge in [0.15, 0.2) is 0 Å². The van der Waals surface area contributed by atoms with Gasteiger partial charge in [-0.2, -0.15) is 0 Å². The van der Waals surface area contributed by atoms with Crippen LogP contribution in [0, 0.1) is 11.8 Å². The Balaban J connectivity index is 3.35. The van der Waals surface area contributed by atoms with E-state index in [-0.39, 0.29) is 5.91 Å². The molecule has 0 saturated carbocycles. The summed E-state index contributed by atoms with van der Waals surface area (Å²) in [5.74, 6) is 5.23. The quantitative estimate of drug-likeness (QED) is 0.479. The predicted octanol–water partition coefficient (Wildman–Crippen LogP) is 0.146. The molecule has 0 aromatic heterocycles. The van der Waals surface area contributed by atoms with Crippen LogP contribution in [0.1, 0.15) is 13.3 Å². The molecule has 2 heteroatoms. The zero-order valence-corrected chi connectivity index (χ0v) is 5.12. The van der Waals surface area contributed by atoms with Crippen molar-refractivity contribution in [2.75, 3.05) is 7.05 Å². The molecule has 0 fully saturated rings. The van der Waals surface area contributed by atoms with Crippen molar-refractivity contribution in [3.05, 3.63) is 0 Å². The highest BCUT2D eigenvalue weighted by atomic mass is 16.1. The lowest BCUT2D eigenvalue weighted by atomic mass is 10.4. The van der Waals surface area contributed by atoms with E-state index < -0.39 is 0 Å². The number of carbonyl (C=O) groups is 1. The van der Waals surface area contributed by atoms with E-state index in [1.165, 1.54) is 0 Å². The Kier molecular flexibility index (Phi) is 3.69. The lowest BCUT2D eigenvalue weighted by molar-refractivity contribution is -0.119. The molecule has 0 spiro atoms. The van der Waals surface area contributed by atoms with Crippen LogP contribution in [-0.4, -0.2) is 13.0 Å². The molecule has 2 nitrogen and oxygen atoms in total. The van der Waals surface area contributed by atoms with Crippen molar-refractivity contribution < 1.29 is 4.79 Å². The first-order valence-electron chi connectivity index (χ1n) is 2.41. The van der Waals surface area contributed by atoms with Crippen LogP contribution >= 0.6 is 0 Å². The van der Waals surface area contributed by atoms with E-state index in [0.29, 0.717) is 6.42 Å². The molecule has 0 aliphatic rings. The van der Waals surface area contributed by atoms with Crippen LogP contribution in [-0.2, 0) is 4.79 Å². The molecule has 0 rings (SSSR count). The van der Waals surface area contributed by atoms with E-state index in [2.05, 4.69) is 17.2 Å². The van der Waals surface area contributed by atoms with Crippen LogP contribution in [0.2, 0.25) is 0 Å². The number of hydrogen-bond donors (Lipinski definition) is 1. The van der Waals surface area contributed by atoms with Crippen molar-refractivity contribution in [1.82, 2.24) is 5.32 Å². The van der Waals surface area contributed by atoms with E-state index >= 15 is 0 Å². The summed E-state index contributed by atoms with van der Waals surface area (Å²) in [5, 5.41) is 2.46. The van der Waals surface area contributed by atoms with Gasteiger partial charge in [-0.15, -0.1) is 5.92 Å². The van der Waals surface area contributed by atoms with Crippen LogP contribution in [0.15, 0.2) is 0 Å². The Labute approximate surface area is 49.3 Å². The third-order valence-corrected chi connectivity index (χ3v) is 0.705. The second-order valence-corrected chi connectivity index (χ2v) is 1.28. The zero-order valence-electron chi connectivity index (χ0n) is 5.12. The van der Waals surface area contributed by atoms with Gasteiger partial charge in [0, 0.05) is 7.05 Å². The number of nitrogens with one attached hydrogen (secondary N) is 1. The summed E-state index contributed by atoms with van der Waals surface area (Å²) < 4.78 is 0. The summed E-state index contributed by atoms with van der Waals surface area (Å²) in [6.45, 7) is 1.71. The van der Waals surface area contributed by atoms with Crippen LogP contribution in [0.25, 0.3) is 0 Å². The average Bonchev–Trinajstić information content (AvgIpc) is 1.83. The maximum absolute atomic E-state index is 10.4. The van der Waals surface area contributed by atoms with Crippen molar-refractivity contribution in [1.29, 1.82) is 0 Å². The first-order chi connectivity index (χ1) is 3.81. The molecule has 0 heterocycles. The fourth-order valence-corrected chi connectivity index (χ4v) is 0.257. The Morgan fingerprint density at radius 2 is 2.38 bits per heavy atom. The molecule has 1 amide bonds. The number of carbonyl (C=O) groups excluding carboxylic acids is 1. The zero-order chi connectivity index (χ0) is 6.41. The minimum atomic E-state index is -0.0284. The van der Waals surface area contributed by atoms with Crippen molar-refractivity contribution in [2.45, 2.75) is 13.3 Å². The number of rotatable bonds is 1. The molecule has 1 N–H and O–H groups in total. The van der Waals surface area contributed by atoms with Crippen LogP contribution in [0.3, 0.4) is 0 Å². The second kappa shape index (κ2) is 4.20. The molecule has 8 heavy (non-hydrogen) atoms. The summed E-state index contributed by atoms with van der Waals surface area (Å²) in [6.07, 6.45) is 0.312. The van der Waals surface area contributed by atoms with Gasteiger partial charge in [0.05, 0.1) is 6.42 Å². The van der Waals surface area contributed by atoms with E-state index in [1.54, 1.807) is 14.0 Å². The topological polar surface area (TPSA) is 29.1 Å². The Morgan fingerprint density at radius 1 is 1.75 bits per heavy atom. The molecular formula is C6H9NO. The first-order valence-corrected chi connectivity index (χ1v) is 2.41. The van der Waals surface area contributed by atoms with Crippen molar-refractivity contribution in [2.24, 2.45) is 0 Å². The summed E-state index contributed by atoms with van der Waals surface area (Å²) in [5.41, 5.74) is 0. The third-order valence-electron chi connectivity index (χ3n) is 0.705. The first kappa shape index (κ1) is 7.03. The fraction of sp³-hybridized carbons (Fsp3) is 0.500. The Hall–Kier alpha value is -0.970. The Morgan fingerprint density at radius 3 is 2.75 bits per heavy atom. The summed E-state index contributed by atoms with van der Waals surface area (Å²) in [4.78, 5) is 10.4. The van der Waals surface area contributed by atoms with Crippen molar-refractivity contribution in [3.8, 4) is 11.8 Å². The molecule has 0 aliphatic carbocycles. The van der Waals surface area contributed by atoms with Gasteiger partial charge in [0.1, 0.15) is 0 Å². The number of hydrogen-bond acceptors (Lipinski definition) is 1. The van der Waals surface area contributed by atoms with Gasteiger partial charge >= 0.3 is 0 Å². The van der Waals surface area contributed by atoms with Gasteiger partial charge < -0.3 is 5.32 Å². The van der Waals surface area contributed by atoms with E-state index in [9.17, 15) is 4.79 Å². The highest BCUT2D eigenvalue weighted by Crippen LogP contribution is 1.71. The molecule has 0 radical (unpaired) electrons. The predicted molar refractivity (Wildman–Crippen MR) is 32.1 cm³/mol. The van der Waals surface area contributed by atoms with Crippen LogP contribution in [0.4, 0.5) is 0 Å². The number of amides is 1. The van der Waals surface area contributed by atoms with Gasteiger partial charge in [0.2, 0.25) is 5.91 Å². The van der Waals surface area contributed by atoms with E-state index in [4.69, 9.17) is 0 Å². The summed E-state index contributed by atoms with van der Waals surface area (Å²) in [6, 6.07) is 0. The molecule has 0 atom stereocenters. The average molecular weight is 111 g/mol. The molecule has 0 bridgehead atoms. The normalized spacial score (nSPS) is 6.75. The van der Waals surface area contributed by atoms with Crippen LogP contribution in [0.5, 0.6) is 0 Å². The largest absolute Gasteiger partial charge is 0.358 e. The molecule has 44 valence electrons. The van der Waals surface area contributed by atoms with Crippen LogP contribution < -0.4 is 5.32 Å². The van der Waals surface area contributed by atoms with Gasteiger partial charge in [-0.05, 0) is 6.92 Å². The van der Waals surface area contributed by atoms with Gasteiger partial charge in [-0.1, -0.05) is 5.92 Å². The summed E-state index contributed by atoms with van der Waals surface area (Å²) >= 11 is 0. The summed E-state index contributed by atoms with van der Waals surface area (Å²) in [7, 11) is 1.60. The van der Waals surface area contributed by atoms with Gasteiger partial charge in [-0.3, -0.25) is 4.79 Å². The molecule has 0 aromatic rings. The maximum atomic E-state index is 10.4. The molecule has 0 unspecified atom stereocenters. The second-order valence-electron chi connectivity index (χ2n) is 1.28. The van der Waals surface area contributed by atoms with Crippen molar-refractivity contribution in [3.63, 3.8) is 0 Å². The van der Waals surface area contributed by atoms with Gasteiger partial charge in [-0.25, -0.2) is 0 Å². The standard InChI is InChI=1S/C6H9NO/c1-3-4-5-6(8)7-2/h5H2,1-2H3,(H,7,8). The molecule has 0 aliphatic heterocycles. The molecular weight excluding hydrogens is 102 g/mol. The highest BCUT2D eigenvalue weighted by Gasteiger charge is 1.88. The smallest absolute Gasteiger partial charge is 0.231 e. The minimum absolute atomic E-state index is 0.0284. The SMILES string of the molecule is CC#CCC(=O)NC. The maximum Gasteiger partial charge on any atom is 0.231 e. The highest BCUT2D eigenvalue weighted by molar-refractivity contribution is 5.77. The van der Waals surface area contributed by atoms with Gasteiger partial charge in [0.25, 0.3) is 0 Å². The fourth-order valence-electron chi connectivity index (χ4n) is 0.257. The van der Waals surface area contributed by atoms with E-state index in [0.717, 1.165) is 0 Å². The lowest BCUT2D eigenvalue weighted by Gasteiger charge is -1.87. The molecule has 0 saturated heterocycles. The molecule has 0 aromatic carbocycles. The third kappa shape index (κ3) is 3.23. The monoisotopic (exact) mass is 111 g/mol. The lowest BCUT2D eigenvalue weighted by Crippen LogP contribution is -2.16. The van der Waals surface area contributed by atoms with Crippen molar-refractivity contribution >= 4 is 5.91 Å².